The van der Waals surface area contributed by atoms with Crippen molar-refractivity contribution in [2.75, 3.05) is 17.7 Å². The fraction of sp³-hybridized carbons (Fsp3) is 0.278. The number of nitrogens with two attached hydrogens (primary N) is 1. The maximum Gasteiger partial charge on any atom is 0.200 e. The van der Waals surface area contributed by atoms with E-state index in [1.54, 1.807) is 11.8 Å². The molecule has 0 fully saturated rings. The molecule has 0 aliphatic carbocycles. The van der Waals surface area contributed by atoms with Crippen LogP contribution in [0, 0.1) is 0 Å². The van der Waals surface area contributed by atoms with Crippen molar-refractivity contribution in [2.24, 2.45) is 10.7 Å². The molecule has 5 heteroatoms. The van der Waals surface area contributed by atoms with Crippen LogP contribution >= 0.6 is 23.4 Å². The lowest BCUT2D eigenvalue weighted by molar-refractivity contribution is 1.14. The van der Waals surface area contributed by atoms with E-state index in [0.717, 1.165) is 23.5 Å². The first kappa shape index (κ1) is 17.7. The van der Waals surface area contributed by atoms with E-state index in [9.17, 15) is 0 Å². The van der Waals surface area contributed by atoms with E-state index < -0.39 is 0 Å². The number of hydrogen-bond donors (Lipinski definition) is 1. The average Bonchev–Trinajstić information content (AvgIpc) is 2.56. The summed E-state index contributed by atoms with van der Waals surface area (Å²) in [5.41, 5.74) is 9.12. The fourth-order valence-electron chi connectivity index (χ4n) is 2.18. The Morgan fingerprint density at radius 3 is 2.70 bits per heavy atom. The van der Waals surface area contributed by atoms with Crippen molar-refractivity contribution < 1.29 is 0 Å². The first-order chi connectivity index (χ1) is 11.0. The van der Waals surface area contributed by atoms with Crippen LogP contribution in [0.2, 0.25) is 5.02 Å². The van der Waals surface area contributed by atoms with E-state index in [0.29, 0.717) is 11.0 Å². The zero-order valence-corrected chi connectivity index (χ0v) is 15.3. The van der Waals surface area contributed by atoms with Crippen LogP contribution in [-0.4, -0.2) is 18.8 Å². The Hall–Kier alpha value is -1.65. The van der Waals surface area contributed by atoms with Crippen molar-refractivity contribution in [2.45, 2.75) is 25.2 Å². The highest BCUT2D eigenvalue weighted by atomic mass is 35.5. The number of anilines is 1. The molecule has 2 N–H and O–H groups in total. The quantitative estimate of drug-likeness (QED) is 0.465. The lowest BCUT2D eigenvalue weighted by Gasteiger charge is -2.20. The second-order valence-corrected chi connectivity index (χ2v) is 6.84. The molecule has 2 aromatic carbocycles. The molecule has 3 nitrogen and oxygen atoms in total. The van der Waals surface area contributed by atoms with Crippen LogP contribution in [0.4, 0.5) is 11.4 Å². The highest BCUT2D eigenvalue weighted by Crippen LogP contribution is 2.30. The van der Waals surface area contributed by atoms with E-state index in [1.165, 1.54) is 10.5 Å². The third-order valence-electron chi connectivity index (χ3n) is 3.50. The van der Waals surface area contributed by atoms with Gasteiger partial charge in [-0.15, -0.1) is 11.8 Å². The van der Waals surface area contributed by atoms with Gasteiger partial charge in [-0.25, -0.2) is 4.99 Å². The van der Waals surface area contributed by atoms with Gasteiger partial charge in [-0.05, 0) is 48.1 Å². The monoisotopic (exact) mass is 347 g/mol. The number of aryl methyl sites for hydroxylation is 1. The minimum absolute atomic E-state index is 0.416. The van der Waals surface area contributed by atoms with Crippen LogP contribution in [0.3, 0.4) is 0 Å². The van der Waals surface area contributed by atoms with Crippen molar-refractivity contribution in [1.29, 1.82) is 0 Å². The Balaban J connectivity index is 2.29. The molecule has 0 saturated carbocycles. The molecule has 122 valence electrons. The molecule has 0 spiro atoms. The number of nitrogens with zero attached hydrogens (tertiary/aromatic N) is 2. The Morgan fingerprint density at radius 2 is 2.00 bits per heavy atom. The van der Waals surface area contributed by atoms with Crippen LogP contribution in [0.1, 0.15) is 19.4 Å². The molecule has 0 heterocycles. The van der Waals surface area contributed by atoms with Gasteiger partial charge in [0.2, 0.25) is 5.96 Å². The predicted octanol–water partition coefficient (Wildman–Crippen LogP) is 5.10. The van der Waals surface area contributed by atoms with Crippen LogP contribution < -0.4 is 10.6 Å². The molecule has 0 saturated heterocycles. The highest BCUT2D eigenvalue weighted by Gasteiger charge is 2.11. The minimum atomic E-state index is 0.416. The molecule has 0 radical (unpaired) electrons. The second-order valence-electron chi connectivity index (χ2n) is 5.10. The molecule has 0 unspecified atom stereocenters. The van der Waals surface area contributed by atoms with Crippen LogP contribution in [0.5, 0.6) is 0 Å². The average molecular weight is 348 g/mol. The SMILES string of the molecule is CCSc1ccc(Cl)c(N(C)C(N)=Nc2cccc(CC)c2)c1. The van der Waals surface area contributed by atoms with Crippen LogP contribution in [0.25, 0.3) is 0 Å². The summed E-state index contributed by atoms with van der Waals surface area (Å²) >= 11 is 8.09. The van der Waals surface area contributed by atoms with Crippen LogP contribution in [0.15, 0.2) is 52.4 Å². The Labute approximate surface area is 147 Å². The molecular formula is C18H22ClN3S. The third-order valence-corrected chi connectivity index (χ3v) is 4.69. The Morgan fingerprint density at radius 1 is 1.22 bits per heavy atom. The van der Waals surface area contributed by atoms with Gasteiger partial charge >= 0.3 is 0 Å². The summed E-state index contributed by atoms with van der Waals surface area (Å²) in [6, 6.07) is 14.0. The van der Waals surface area contributed by atoms with E-state index in [4.69, 9.17) is 17.3 Å². The molecule has 0 amide bonds. The summed E-state index contributed by atoms with van der Waals surface area (Å²) in [6.07, 6.45) is 0.973. The van der Waals surface area contributed by atoms with Gasteiger partial charge in [0.05, 0.1) is 16.4 Å². The molecule has 0 atom stereocenters. The number of aliphatic imine (C=N–C) groups is 1. The topological polar surface area (TPSA) is 41.6 Å². The van der Waals surface area contributed by atoms with Gasteiger partial charge in [0, 0.05) is 11.9 Å². The van der Waals surface area contributed by atoms with Gasteiger partial charge in [0.1, 0.15) is 0 Å². The lowest BCUT2D eigenvalue weighted by atomic mass is 10.1. The normalized spacial score (nSPS) is 11.6. The summed E-state index contributed by atoms with van der Waals surface area (Å²) in [7, 11) is 1.88. The van der Waals surface area contributed by atoms with Crippen molar-refractivity contribution in [3.63, 3.8) is 0 Å². The molecule has 2 rings (SSSR count). The molecule has 0 aromatic heterocycles. The van der Waals surface area contributed by atoms with Gasteiger partial charge in [0.25, 0.3) is 0 Å². The third kappa shape index (κ3) is 4.66. The summed E-state index contributed by atoms with van der Waals surface area (Å²) in [5, 5.41) is 0.661. The summed E-state index contributed by atoms with van der Waals surface area (Å²) in [5.74, 6) is 1.43. The Kier molecular flexibility index (Phi) is 6.37. The molecule has 0 bridgehead atoms. The summed E-state index contributed by atoms with van der Waals surface area (Å²) in [4.78, 5) is 7.50. The maximum atomic E-state index is 6.32. The van der Waals surface area contributed by atoms with Crippen molar-refractivity contribution in [1.82, 2.24) is 0 Å². The minimum Gasteiger partial charge on any atom is -0.369 e. The maximum absolute atomic E-state index is 6.32. The van der Waals surface area contributed by atoms with Crippen molar-refractivity contribution in [3.8, 4) is 0 Å². The number of guanidine groups is 1. The predicted molar refractivity (Wildman–Crippen MR) is 103 cm³/mol. The van der Waals surface area contributed by atoms with E-state index in [-0.39, 0.29) is 0 Å². The van der Waals surface area contributed by atoms with Gasteiger partial charge in [-0.3, -0.25) is 0 Å². The largest absolute Gasteiger partial charge is 0.369 e. The fourth-order valence-corrected chi connectivity index (χ4v) is 3.12. The molecule has 2 aromatic rings. The number of hydrogen-bond acceptors (Lipinski definition) is 2. The summed E-state index contributed by atoms with van der Waals surface area (Å²) in [6.45, 7) is 4.24. The molecular weight excluding hydrogens is 326 g/mol. The van der Waals surface area contributed by atoms with Gasteiger partial charge in [0.15, 0.2) is 0 Å². The standard InChI is InChI=1S/C18H22ClN3S/c1-4-13-7-6-8-14(11-13)21-18(20)22(3)17-12-15(23-5-2)9-10-16(17)19/h6-12H,4-5H2,1-3H3,(H2,20,21). The van der Waals surface area contributed by atoms with Gasteiger partial charge in [-0.1, -0.05) is 37.6 Å². The zero-order valence-electron chi connectivity index (χ0n) is 13.7. The summed E-state index contributed by atoms with van der Waals surface area (Å²) < 4.78 is 0. The number of thioether (sulfide) groups is 1. The lowest BCUT2D eigenvalue weighted by Crippen LogP contribution is -2.33. The number of benzene rings is 2. The second kappa shape index (κ2) is 8.27. The number of rotatable bonds is 5. The Bertz CT molecular complexity index is 700. The van der Waals surface area contributed by atoms with E-state index in [1.807, 2.05) is 48.3 Å². The first-order valence-corrected chi connectivity index (χ1v) is 9.00. The first-order valence-electron chi connectivity index (χ1n) is 7.64. The van der Waals surface area contributed by atoms with Crippen LogP contribution in [-0.2, 0) is 6.42 Å². The van der Waals surface area contributed by atoms with Crippen molar-refractivity contribution >= 4 is 40.7 Å². The molecule has 0 aliphatic rings. The highest BCUT2D eigenvalue weighted by molar-refractivity contribution is 7.99. The van der Waals surface area contributed by atoms with Crippen molar-refractivity contribution in [3.05, 3.63) is 53.1 Å². The number of halogens is 1. The van der Waals surface area contributed by atoms with Gasteiger partial charge < -0.3 is 10.6 Å². The van der Waals surface area contributed by atoms with E-state index >= 15 is 0 Å². The smallest absolute Gasteiger partial charge is 0.200 e. The molecule has 0 aliphatic heterocycles. The van der Waals surface area contributed by atoms with E-state index in [2.05, 4.69) is 24.9 Å². The van der Waals surface area contributed by atoms with Gasteiger partial charge in [-0.2, -0.15) is 0 Å². The zero-order chi connectivity index (χ0) is 16.8. The molecule has 23 heavy (non-hydrogen) atoms.